The van der Waals surface area contributed by atoms with Gasteiger partial charge in [0.1, 0.15) is 0 Å². The van der Waals surface area contributed by atoms with E-state index < -0.39 is 8.32 Å². The molecular weight excluding hydrogens is 188 g/mol. The molecule has 0 saturated heterocycles. The topological polar surface area (TPSA) is 9.23 Å². The van der Waals surface area contributed by atoms with E-state index in [2.05, 4.69) is 48.5 Å². The van der Waals surface area contributed by atoms with E-state index in [9.17, 15) is 0 Å². The normalized spacial score (nSPS) is 19.1. The second-order valence-electron chi connectivity index (χ2n) is 5.24. The quantitative estimate of drug-likeness (QED) is 0.611. The highest BCUT2D eigenvalue weighted by atomic mass is 28.4. The minimum atomic E-state index is -1.57. The highest BCUT2D eigenvalue weighted by Gasteiger charge is 2.48. The van der Waals surface area contributed by atoms with E-state index in [0.717, 1.165) is 12.1 Å². The van der Waals surface area contributed by atoms with Gasteiger partial charge in [-0.1, -0.05) is 48.0 Å². The van der Waals surface area contributed by atoms with Crippen molar-refractivity contribution in [2.45, 2.75) is 71.5 Å². The van der Waals surface area contributed by atoms with Crippen molar-refractivity contribution in [3.63, 3.8) is 0 Å². The van der Waals surface area contributed by atoms with E-state index >= 15 is 0 Å². The van der Waals surface area contributed by atoms with Crippen LogP contribution in [0.15, 0.2) is 0 Å². The van der Waals surface area contributed by atoms with Crippen LogP contribution < -0.4 is 0 Å². The molecule has 0 aliphatic carbocycles. The molecule has 0 radical (unpaired) electrons. The van der Waals surface area contributed by atoms with Crippen LogP contribution in [0.4, 0.5) is 0 Å². The van der Waals surface area contributed by atoms with Crippen LogP contribution in [-0.4, -0.2) is 14.9 Å². The van der Waals surface area contributed by atoms with E-state index in [-0.39, 0.29) is 0 Å². The fourth-order valence-corrected chi connectivity index (χ4v) is 8.00. The van der Waals surface area contributed by atoms with E-state index in [1.54, 1.807) is 0 Å². The van der Waals surface area contributed by atoms with Crippen molar-refractivity contribution in [2.24, 2.45) is 0 Å². The summed E-state index contributed by atoms with van der Waals surface area (Å²) in [6, 6.07) is 1.24. The lowest BCUT2D eigenvalue weighted by molar-refractivity contribution is 0.286. The monoisotopic (exact) mass is 216 g/mol. The molecule has 0 bridgehead atoms. The standard InChI is InChI=1S/C12H28OSi/c1-8-11(4)14(10-3,13-9-2)12(5,6)7/h11H,8-10H2,1-7H3. The van der Waals surface area contributed by atoms with E-state index in [4.69, 9.17) is 4.43 Å². The Morgan fingerprint density at radius 2 is 1.64 bits per heavy atom. The third kappa shape index (κ3) is 2.60. The molecular formula is C12H28OSi. The van der Waals surface area contributed by atoms with Gasteiger partial charge < -0.3 is 4.43 Å². The van der Waals surface area contributed by atoms with Gasteiger partial charge in [-0.2, -0.15) is 0 Å². The molecule has 0 aromatic carbocycles. The summed E-state index contributed by atoms with van der Waals surface area (Å²) in [5.74, 6) is 0. The zero-order valence-corrected chi connectivity index (χ0v) is 12.1. The van der Waals surface area contributed by atoms with Crippen LogP contribution in [0, 0.1) is 0 Å². The van der Waals surface area contributed by atoms with Crippen molar-refractivity contribution in [1.82, 2.24) is 0 Å². The molecule has 0 rings (SSSR count). The van der Waals surface area contributed by atoms with Gasteiger partial charge in [-0.15, -0.1) is 0 Å². The summed E-state index contributed by atoms with van der Waals surface area (Å²) >= 11 is 0. The Balaban J connectivity index is 4.97. The smallest absolute Gasteiger partial charge is 0.200 e. The predicted molar refractivity (Wildman–Crippen MR) is 67.3 cm³/mol. The molecule has 0 N–H and O–H groups in total. The summed E-state index contributed by atoms with van der Waals surface area (Å²) in [5.41, 5.74) is 0.757. The van der Waals surface area contributed by atoms with Crippen molar-refractivity contribution in [3.05, 3.63) is 0 Å². The maximum absolute atomic E-state index is 6.23. The highest BCUT2D eigenvalue weighted by molar-refractivity contribution is 6.77. The Labute approximate surface area is 91.4 Å². The van der Waals surface area contributed by atoms with Gasteiger partial charge in [0.25, 0.3) is 0 Å². The Bertz CT molecular complexity index is 162. The van der Waals surface area contributed by atoms with Crippen LogP contribution in [0.3, 0.4) is 0 Å². The molecule has 86 valence electrons. The lowest BCUT2D eigenvalue weighted by Gasteiger charge is -2.45. The van der Waals surface area contributed by atoms with Gasteiger partial charge in [-0.05, 0) is 23.5 Å². The van der Waals surface area contributed by atoms with Crippen LogP contribution in [0.5, 0.6) is 0 Å². The zero-order chi connectivity index (χ0) is 11.4. The molecule has 2 unspecified atom stereocenters. The molecule has 0 spiro atoms. The molecule has 2 atom stereocenters. The van der Waals surface area contributed by atoms with Crippen molar-refractivity contribution in [1.29, 1.82) is 0 Å². The summed E-state index contributed by atoms with van der Waals surface area (Å²) in [5, 5.41) is 0.354. The van der Waals surface area contributed by atoms with Crippen LogP contribution in [0.1, 0.15) is 54.9 Å². The van der Waals surface area contributed by atoms with Crippen LogP contribution >= 0.6 is 0 Å². The average Bonchev–Trinajstić information content (AvgIpc) is 2.11. The first-order chi connectivity index (χ1) is 6.35. The molecule has 0 heterocycles. The fourth-order valence-electron chi connectivity index (χ4n) is 2.67. The molecule has 2 heteroatoms. The third-order valence-electron chi connectivity index (χ3n) is 3.61. The van der Waals surface area contributed by atoms with Crippen molar-refractivity contribution in [2.75, 3.05) is 6.61 Å². The molecule has 0 fully saturated rings. The summed E-state index contributed by atoms with van der Waals surface area (Å²) in [6.07, 6.45) is 1.25. The van der Waals surface area contributed by atoms with Gasteiger partial charge in [-0.25, -0.2) is 0 Å². The summed E-state index contributed by atoms with van der Waals surface area (Å²) in [6.45, 7) is 17.0. The molecule has 0 amide bonds. The summed E-state index contributed by atoms with van der Waals surface area (Å²) in [4.78, 5) is 0. The predicted octanol–water partition coefficient (Wildman–Crippen LogP) is 4.59. The number of hydrogen-bond donors (Lipinski definition) is 0. The van der Waals surface area contributed by atoms with E-state index in [1.807, 2.05) is 0 Å². The summed E-state index contributed by atoms with van der Waals surface area (Å²) < 4.78 is 6.23. The van der Waals surface area contributed by atoms with Gasteiger partial charge in [0, 0.05) is 6.61 Å². The summed E-state index contributed by atoms with van der Waals surface area (Å²) in [7, 11) is -1.57. The lowest BCUT2D eigenvalue weighted by Crippen LogP contribution is -2.50. The first kappa shape index (κ1) is 14.2. The molecule has 14 heavy (non-hydrogen) atoms. The SMILES string of the molecule is CCO[Si](CC)(C(C)CC)C(C)(C)C. The minimum Gasteiger partial charge on any atom is -0.416 e. The lowest BCUT2D eigenvalue weighted by atomic mass is 10.2. The second kappa shape index (κ2) is 5.31. The Morgan fingerprint density at radius 3 is 1.86 bits per heavy atom. The first-order valence-corrected chi connectivity index (χ1v) is 8.18. The molecule has 0 aliphatic rings. The van der Waals surface area contributed by atoms with Gasteiger partial charge in [-0.3, -0.25) is 0 Å². The van der Waals surface area contributed by atoms with Crippen LogP contribution in [-0.2, 0) is 4.43 Å². The molecule has 1 nitrogen and oxygen atoms in total. The highest BCUT2D eigenvalue weighted by Crippen LogP contribution is 2.47. The molecule has 0 aliphatic heterocycles. The Hall–Kier alpha value is 0.177. The second-order valence-corrected chi connectivity index (χ2v) is 10.5. The van der Waals surface area contributed by atoms with Crippen molar-refractivity contribution in [3.8, 4) is 0 Å². The number of hydrogen-bond acceptors (Lipinski definition) is 1. The van der Waals surface area contributed by atoms with E-state index in [1.165, 1.54) is 12.5 Å². The van der Waals surface area contributed by atoms with Crippen LogP contribution in [0.2, 0.25) is 16.6 Å². The minimum absolute atomic E-state index is 0.354. The average molecular weight is 216 g/mol. The zero-order valence-electron chi connectivity index (χ0n) is 11.1. The maximum Gasteiger partial charge on any atom is 0.200 e. The van der Waals surface area contributed by atoms with Gasteiger partial charge in [0.05, 0.1) is 0 Å². The molecule has 0 aromatic rings. The van der Waals surface area contributed by atoms with Crippen LogP contribution in [0.25, 0.3) is 0 Å². The van der Waals surface area contributed by atoms with E-state index in [0.29, 0.717) is 5.04 Å². The van der Waals surface area contributed by atoms with Crippen molar-refractivity contribution >= 4 is 8.32 Å². The molecule has 0 aromatic heterocycles. The number of rotatable bonds is 5. The first-order valence-electron chi connectivity index (χ1n) is 5.99. The van der Waals surface area contributed by atoms with Gasteiger partial charge in [0.15, 0.2) is 8.32 Å². The maximum atomic E-state index is 6.23. The Kier molecular flexibility index (Phi) is 5.38. The Morgan fingerprint density at radius 1 is 1.14 bits per heavy atom. The van der Waals surface area contributed by atoms with Crippen molar-refractivity contribution < 1.29 is 4.43 Å². The fraction of sp³-hybridized carbons (Fsp3) is 1.00. The third-order valence-corrected chi connectivity index (χ3v) is 10.00. The van der Waals surface area contributed by atoms with Gasteiger partial charge >= 0.3 is 0 Å². The van der Waals surface area contributed by atoms with Gasteiger partial charge in [0.2, 0.25) is 0 Å². The largest absolute Gasteiger partial charge is 0.416 e. The molecule has 0 saturated carbocycles.